The number of hydrogen-bond acceptors (Lipinski definition) is 9. The number of amides is 1. The van der Waals surface area contributed by atoms with Gasteiger partial charge < -0.3 is 23.8 Å². The summed E-state index contributed by atoms with van der Waals surface area (Å²) in [5, 5.41) is 0.544. The van der Waals surface area contributed by atoms with E-state index in [1.807, 2.05) is 12.1 Å². The molecule has 4 aromatic rings. The summed E-state index contributed by atoms with van der Waals surface area (Å²) >= 11 is 6.11. The molecule has 0 aliphatic carbocycles. The lowest BCUT2D eigenvalue weighted by atomic mass is 9.81. The van der Waals surface area contributed by atoms with Crippen molar-refractivity contribution in [2.75, 3.05) is 38.2 Å². The maximum atomic E-state index is 15.8. The lowest BCUT2D eigenvalue weighted by Crippen LogP contribution is -2.46. The van der Waals surface area contributed by atoms with Crippen LogP contribution in [-0.4, -0.2) is 68.9 Å². The molecule has 5 rings (SSSR count). The molecule has 0 N–H and O–H groups in total. The Balaban J connectivity index is 1.44. The van der Waals surface area contributed by atoms with Crippen molar-refractivity contribution in [1.29, 1.82) is 0 Å². The summed E-state index contributed by atoms with van der Waals surface area (Å²) in [5.74, 6) is -4.25. The summed E-state index contributed by atoms with van der Waals surface area (Å²) in [6.07, 6.45) is 1.51. The average molecular weight is 763 g/mol. The second-order valence-electron chi connectivity index (χ2n) is 13.0. The summed E-state index contributed by atoms with van der Waals surface area (Å²) in [7, 11) is -2.13. The van der Waals surface area contributed by atoms with Gasteiger partial charge in [-0.15, -0.1) is 0 Å². The van der Waals surface area contributed by atoms with Gasteiger partial charge in [0.15, 0.2) is 17.4 Å². The van der Waals surface area contributed by atoms with Crippen LogP contribution in [0.1, 0.15) is 44.2 Å². The molecule has 278 valence electrons. The van der Waals surface area contributed by atoms with E-state index in [-0.39, 0.29) is 30.7 Å². The molecule has 0 bridgehead atoms. The van der Waals surface area contributed by atoms with Gasteiger partial charge >= 0.3 is 6.09 Å². The number of methoxy groups -OCH3 is 2. The number of sulfonamides is 1. The molecule has 16 heteroatoms. The van der Waals surface area contributed by atoms with Gasteiger partial charge in [0.25, 0.3) is 10.0 Å². The molecule has 11 nitrogen and oxygen atoms in total. The van der Waals surface area contributed by atoms with Gasteiger partial charge in [0, 0.05) is 47.8 Å². The van der Waals surface area contributed by atoms with E-state index in [1.54, 1.807) is 43.9 Å². The Morgan fingerprint density at radius 1 is 0.962 bits per heavy atom. The molecule has 1 aliphatic heterocycles. The predicted octanol–water partition coefficient (Wildman–Crippen LogP) is 7.38. The van der Waals surface area contributed by atoms with Gasteiger partial charge in [-0.05, 0) is 62.9 Å². The first-order valence-electron chi connectivity index (χ1n) is 16.2. The molecule has 1 aromatic heterocycles. The Hall–Kier alpha value is -4.76. The van der Waals surface area contributed by atoms with Crippen LogP contribution in [0, 0.1) is 23.4 Å². The maximum Gasteiger partial charge on any atom is 0.410 e. The highest BCUT2D eigenvalue weighted by atomic mass is 35.5. The van der Waals surface area contributed by atoms with Crippen LogP contribution >= 0.6 is 11.6 Å². The number of nitrogens with zero attached hydrogens (tertiary/aromatic N) is 4. The van der Waals surface area contributed by atoms with Crippen LogP contribution in [-0.2, 0) is 21.3 Å². The molecular weight excluding hydrogens is 725 g/mol. The van der Waals surface area contributed by atoms with Crippen LogP contribution in [0.2, 0.25) is 5.02 Å². The molecule has 2 atom stereocenters. The second-order valence-corrected chi connectivity index (χ2v) is 15.3. The number of carbonyl (C=O) groups is 1. The predicted molar refractivity (Wildman–Crippen MR) is 187 cm³/mol. The number of rotatable bonds is 11. The maximum absolute atomic E-state index is 15.8. The summed E-state index contributed by atoms with van der Waals surface area (Å²) in [4.78, 5) is 21.0. The number of ether oxygens (including phenoxy) is 4. The summed E-state index contributed by atoms with van der Waals surface area (Å²) < 4.78 is 96.0. The van der Waals surface area contributed by atoms with Crippen molar-refractivity contribution in [2.24, 2.45) is 5.92 Å². The van der Waals surface area contributed by atoms with Crippen LogP contribution in [0.5, 0.6) is 17.2 Å². The van der Waals surface area contributed by atoms with Gasteiger partial charge in [-0.25, -0.2) is 40.7 Å². The zero-order valence-electron chi connectivity index (χ0n) is 29.1. The largest absolute Gasteiger partial charge is 0.497 e. The number of hydrogen-bond donors (Lipinski definition) is 0. The first-order chi connectivity index (χ1) is 24.6. The third-order valence-corrected chi connectivity index (χ3v) is 10.3. The molecule has 52 heavy (non-hydrogen) atoms. The molecule has 3 aromatic carbocycles. The highest BCUT2D eigenvalue weighted by Gasteiger charge is 2.36. The van der Waals surface area contributed by atoms with Crippen molar-refractivity contribution in [3.63, 3.8) is 0 Å². The zero-order valence-corrected chi connectivity index (χ0v) is 30.7. The lowest BCUT2D eigenvalue weighted by Gasteiger charge is -2.39. The molecule has 1 aliphatic rings. The second kappa shape index (κ2) is 15.9. The monoisotopic (exact) mass is 762 g/mol. The van der Waals surface area contributed by atoms with Crippen LogP contribution < -0.4 is 18.5 Å². The van der Waals surface area contributed by atoms with E-state index in [1.165, 1.54) is 26.4 Å². The van der Waals surface area contributed by atoms with Crippen molar-refractivity contribution >= 4 is 33.7 Å². The standard InChI is InChI=1S/C36H38ClF3N4O7S/c1-36(2,3)51-35(45)43-13-12-28(22-6-9-25(37)10-7-22)24(19-43)21-50-32-15-30(40)33(16-29(32)39)52(46,47)44(34-41-17-26(38)18-42-34)20-23-8-11-27(48-4)14-31(23)49-5/h6-11,14-18,24,28H,12-13,19-21H2,1-5H3. The summed E-state index contributed by atoms with van der Waals surface area (Å²) in [6, 6.07) is 12.9. The third kappa shape index (κ3) is 8.99. The van der Waals surface area contributed by atoms with E-state index in [0.29, 0.717) is 45.7 Å². The molecule has 0 saturated carbocycles. The van der Waals surface area contributed by atoms with E-state index < -0.39 is 62.3 Å². The van der Waals surface area contributed by atoms with E-state index in [2.05, 4.69) is 9.97 Å². The molecule has 1 amide bonds. The fourth-order valence-corrected chi connectivity index (χ4v) is 7.35. The number of benzene rings is 3. The minimum absolute atomic E-state index is 0.136. The van der Waals surface area contributed by atoms with Crippen LogP contribution in [0.3, 0.4) is 0 Å². The number of anilines is 1. The van der Waals surface area contributed by atoms with Crippen molar-refractivity contribution in [3.05, 3.63) is 101 Å². The molecule has 2 unspecified atom stereocenters. The quantitative estimate of drug-likeness (QED) is 0.154. The number of aromatic nitrogens is 2. The van der Waals surface area contributed by atoms with E-state index in [0.717, 1.165) is 18.0 Å². The smallest absolute Gasteiger partial charge is 0.410 e. The Bertz CT molecular complexity index is 2000. The Labute approximate surface area is 305 Å². The molecule has 0 spiro atoms. The lowest BCUT2D eigenvalue weighted by molar-refractivity contribution is 0.0110. The zero-order chi connectivity index (χ0) is 37.8. The molecule has 0 radical (unpaired) electrons. The first-order valence-corrected chi connectivity index (χ1v) is 18.0. The molecular formula is C36H38ClF3N4O7S. The van der Waals surface area contributed by atoms with Gasteiger partial charge in [-0.2, -0.15) is 0 Å². The number of likely N-dealkylation sites (tertiary alicyclic amines) is 1. The van der Waals surface area contributed by atoms with Crippen molar-refractivity contribution in [3.8, 4) is 17.2 Å². The highest BCUT2D eigenvalue weighted by molar-refractivity contribution is 7.92. The van der Waals surface area contributed by atoms with Crippen molar-refractivity contribution in [2.45, 2.75) is 50.2 Å². The van der Waals surface area contributed by atoms with Crippen molar-refractivity contribution < 1.29 is 45.3 Å². The third-order valence-electron chi connectivity index (χ3n) is 8.33. The molecule has 2 heterocycles. The minimum atomic E-state index is -4.93. The first kappa shape index (κ1) is 38.5. The van der Waals surface area contributed by atoms with Gasteiger partial charge in [0.1, 0.15) is 27.8 Å². The highest BCUT2D eigenvalue weighted by Crippen LogP contribution is 2.37. The van der Waals surface area contributed by atoms with E-state index in [4.69, 9.17) is 30.5 Å². The van der Waals surface area contributed by atoms with Gasteiger partial charge in [-0.3, -0.25) is 0 Å². The van der Waals surface area contributed by atoms with E-state index in [9.17, 15) is 17.6 Å². The van der Waals surface area contributed by atoms with Crippen LogP contribution in [0.4, 0.5) is 23.9 Å². The molecule has 1 fully saturated rings. The topological polar surface area (TPSA) is 120 Å². The van der Waals surface area contributed by atoms with Crippen molar-refractivity contribution in [1.82, 2.24) is 14.9 Å². The normalized spacial score (nSPS) is 16.3. The Morgan fingerprint density at radius 2 is 1.65 bits per heavy atom. The van der Waals surface area contributed by atoms with Gasteiger partial charge in [0.05, 0.1) is 39.8 Å². The van der Waals surface area contributed by atoms with Crippen LogP contribution in [0.15, 0.2) is 71.9 Å². The summed E-state index contributed by atoms with van der Waals surface area (Å²) in [6.45, 7) is 5.22. The minimum Gasteiger partial charge on any atom is -0.497 e. The SMILES string of the molecule is COc1ccc(CN(c2ncc(F)cn2)S(=O)(=O)c2cc(F)c(OCC3CN(C(=O)OC(C)(C)C)CCC3c3ccc(Cl)cc3)cc2F)c(OC)c1. The fraction of sp³-hybridized carbons (Fsp3) is 0.361. The van der Waals surface area contributed by atoms with Gasteiger partial charge in [-0.1, -0.05) is 23.7 Å². The fourth-order valence-electron chi connectivity index (χ4n) is 5.81. The number of piperidine rings is 1. The Kier molecular flexibility index (Phi) is 11.7. The number of halogens is 4. The number of carbonyl (C=O) groups excluding carboxylic acids is 1. The molecule has 1 saturated heterocycles. The van der Waals surface area contributed by atoms with Gasteiger partial charge in [0.2, 0.25) is 5.95 Å². The van der Waals surface area contributed by atoms with Crippen LogP contribution in [0.25, 0.3) is 0 Å². The summed E-state index contributed by atoms with van der Waals surface area (Å²) in [5.41, 5.74) is 0.494. The Morgan fingerprint density at radius 3 is 2.29 bits per heavy atom. The van der Waals surface area contributed by atoms with E-state index >= 15 is 8.78 Å². The average Bonchev–Trinajstić information content (AvgIpc) is 3.10.